The van der Waals surface area contributed by atoms with E-state index in [1.807, 2.05) is 0 Å². The quantitative estimate of drug-likeness (QED) is 0.723. The molecule has 6 heteroatoms. The SMILES string of the molecule is Nc1cc2c(=O)[nH]cnc2cc1OCc1ccccc1F. The van der Waals surface area contributed by atoms with Crippen LogP contribution in [0.2, 0.25) is 0 Å². The molecular formula is C15H12FN3O2. The molecule has 0 saturated heterocycles. The number of aromatic nitrogens is 2. The highest BCUT2D eigenvalue weighted by Crippen LogP contribution is 2.26. The lowest BCUT2D eigenvalue weighted by molar-refractivity contribution is 0.302. The van der Waals surface area contributed by atoms with Crippen LogP contribution in [0.5, 0.6) is 5.75 Å². The first-order chi connectivity index (χ1) is 10.1. The third kappa shape index (κ3) is 2.55. The molecule has 0 aliphatic rings. The van der Waals surface area contributed by atoms with Crippen molar-refractivity contribution in [3.05, 3.63) is 64.5 Å². The van der Waals surface area contributed by atoms with Crippen LogP contribution >= 0.6 is 0 Å². The maximum atomic E-state index is 13.5. The molecule has 0 amide bonds. The van der Waals surface area contributed by atoms with E-state index >= 15 is 0 Å². The van der Waals surface area contributed by atoms with Crippen molar-refractivity contribution in [1.82, 2.24) is 9.97 Å². The zero-order chi connectivity index (χ0) is 14.8. The van der Waals surface area contributed by atoms with Gasteiger partial charge in [0.25, 0.3) is 5.56 Å². The molecule has 3 rings (SSSR count). The molecule has 1 heterocycles. The molecule has 3 N–H and O–H groups in total. The van der Waals surface area contributed by atoms with Crippen molar-refractivity contribution in [3.8, 4) is 5.75 Å². The van der Waals surface area contributed by atoms with Crippen LogP contribution in [0, 0.1) is 5.82 Å². The number of nitrogens with zero attached hydrogens (tertiary/aromatic N) is 1. The van der Waals surface area contributed by atoms with E-state index in [1.54, 1.807) is 24.3 Å². The highest BCUT2D eigenvalue weighted by atomic mass is 19.1. The van der Waals surface area contributed by atoms with E-state index in [1.165, 1.54) is 18.5 Å². The number of halogens is 1. The van der Waals surface area contributed by atoms with Crippen LogP contribution < -0.4 is 16.0 Å². The van der Waals surface area contributed by atoms with Gasteiger partial charge in [0, 0.05) is 11.6 Å². The minimum Gasteiger partial charge on any atom is -0.487 e. The molecule has 0 radical (unpaired) electrons. The second-order valence-electron chi connectivity index (χ2n) is 4.52. The van der Waals surface area contributed by atoms with Gasteiger partial charge in [-0.15, -0.1) is 0 Å². The van der Waals surface area contributed by atoms with Gasteiger partial charge in [-0.25, -0.2) is 9.37 Å². The number of rotatable bonds is 3. The van der Waals surface area contributed by atoms with Gasteiger partial charge in [-0.2, -0.15) is 0 Å². The summed E-state index contributed by atoms with van der Waals surface area (Å²) in [6, 6.07) is 9.41. The number of hydrogen-bond donors (Lipinski definition) is 2. The maximum Gasteiger partial charge on any atom is 0.258 e. The first kappa shape index (κ1) is 13.1. The third-order valence-corrected chi connectivity index (χ3v) is 3.11. The van der Waals surface area contributed by atoms with E-state index in [-0.39, 0.29) is 18.0 Å². The van der Waals surface area contributed by atoms with Gasteiger partial charge < -0.3 is 15.5 Å². The molecule has 0 aliphatic carbocycles. The molecule has 0 atom stereocenters. The minimum atomic E-state index is -0.341. The highest BCUT2D eigenvalue weighted by molar-refractivity contribution is 5.84. The molecule has 2 aromatic carbocycles. The Balaban J connectivity index is 1.93. The average molecular weight is 285 g/mol. The monoisotopic (exact) mass is 285 g/mol. The molecule has 106 valence electrons. The first-order valence-electron chi connectivity index (χ1n) is 6.28. The molecular weight excluding hydrogens is 273 g/mol. The third-order valence-electron chi connectivity index (χ3n) is 3.11. The second kappa shape index (κ2) is 5.24. The number of hydrogen-bond acceptors (Lipinski definition) is 4. The van der Waals surface area contributed by atoms with Crippen LogP contribution in [-0.2, 0) is 6.61 Å². The Labute approximate surface area is 119 Å². The van der Waals surface area contributed by atoms with Crippen LogP contribution in [0.1, 0.15) is 5.56 Å². The lowest BCUT2D eigenvalue weighted by Gasteiger charge is -2.10. The zero-order valence-corrected chi connectivity index (χ0v) is 11.0. The second-order valence-corrected chi connectivity index (χ2v) is 4.52. The number of nitrogens with one attached hydrogen (secondary N) is 1. The normalized spacial score (nSPS) is 10.7. The average Bonchev–Trinajstić information content (AvgIpc) is 2.48. The summed E-state index contributed by atoms with van der Waals surface area (Å²) in [4.78, 5) is 18.1. The largest absolute Gasteiger partial charge is 0.487 e. The van der Waals surface area contributed by atoms with Gasteiger partial charge in [-0.3, -0.25) is 4.79 Å². The summed E-state index contributed by atoms with van der Waals surface area (Å²) in [5, 5.41) is 0.383. The predicted octanol–water partition coefficient (Wildman–Crippen LogP) is 2.22. The summed E-state index contributed by atoms with van der Waals surface area (Å²) in [6.07, 6.45) is 1.31. The smallest absolute Gasteiger partial charge is 0.258 e. The summed E-state index contributed by atoms with van der Waals surface area (Å²) in [5.41, 5.74) is 6.79. The van der Waals surface area contributed by atoms with Crippen molar-refractivity contribution in [2.45, 2.75) is 6.61 Å². The van der Waals surface area contributed by atoms with Gasteiger partial charge in [0.2, 0.25) is 0 Å². The summed E-state index contributed by atoms with van der Waals surface area (Å²) in [6.45, 7) is 0.0472. The number of H-pyrrole nitrogens is 1. The van der Waals surface area contributed by atoms with Crippen LogP contribution in [-0.4, -0.2) is 9.97 Å². The fourth-order valence-corrected chi connectivity index (χ4v) is 2.01. The summed E-state index contributed by atoms with van der Waals surface area (Å²) >= 11 is 0. The molecule has 0 spiro atoms. The lowest BCUT2D eigenvalue weighted by atomic mass is 10.2. The molecule has 0 saturated carbocycles. The molecule has 0 fully saturated rings. The van der Waals surface area contributed by atoms with Crippen molar-refractivity contribution in [1.29, 1.82) is 0 Å². The van der Waals surface area contributed by atoms with E-state index < -0.39 is 0 Å². The summed E-state index contributed by atoms with van der Waals surface area (Å²) in [7, 11) is 0. The molecule has 21 heavy (non-hydrogen) atoms. The van der Waals surface area contributed by atoms with Gasteiger partial charge in [0.05, 0.1) is 22.9 Å². The highest BCUT2D eigenvalue weighted by Gasteiger charge is 2.08. The Morgan fingerprint density at radius 1 is 1.29 bits per heavy atom. The van der Waals surface area contributed by atoms with Gasteiger partial charge in [0.1, 0.15) is 18.2 Å². The molecule has 5 nitrogen and oxygen atoms in total. The zero-order valence-electron chi connectivity index (χ0n) is 11.0. The Kier molecular flexibility index (Phi) is 3.27. The van der Waals surface area contributed by atoms with Gasteiger partial charge in [-0.1, -0.05) is 18.2 Å². The predicted molar refractivity (Wildman–Crippen MR) is 77.5 cm³/mol. The maximum absolute atomic E-state index is 13.5. The number of aromatic amines is 1. The first-order valence-corrected chi connectivity index (χ1v) is 6.28. The molecule has 0 unspecified atom stereocenters. The molecule has 0 aliphatic heterocycles. The van der Waals surface area contributed by atoms with Crippen LogP contribution in [0.15, 0.2) is 47.5 Å². The number of nitrogens with two attached hydrogens (primary N) is 1. The fraction of sp³-hybridized carbons (Fsp3) is 0.0667. The van der Waals surface area contributed by atoms with Crippen LogP contribution in [0.3, 0.4) is 0 Å². The van der Waals surface area contributed by atoms with Gasteiger partial charge >= 0.3 is 0 Å². The Morgan fingerprint density at radius 2 is 2.10 bits per heavy atom. The Hall–Kier alpha value is -2.89. The van der Waals surface area contributed by atoms with E-state index in [9.17, 15) is 9.18 Å². The van der Waals surface area contributed by atoms with Crippen molar-refractivity contribution < 1.29 is 9.13 Å². The Bertz CT molecular complexity index is 861. The van der Waals surface area contributed by atoms with E-state index in [0.29, 0.717) is 27.9 Å². The lowest BCUT2D eigenvalue weighted by Crippen LogP contribution is -2.08. The van der Waals surface area contributed by atoms with E-state index in [0.717, 1.165) is 0 Å². The van der Waals surface area contributed by atoms with Crippen molar-refractivity contribution in [3.63, 3.8) is 0 Å². The topological polar surface area (TPSA) is 81.0 Å². The number of nitrogen functional groups attached to an aromatic ring is 1. The van der Waals surface area contributed by atoms with E-state index in [4.69, 9.17) is 10.5 Å². The molecule has 1 aromatic heterocycles. The number of benzene rings is 2. The van der Waals surface area contributed by atoms with Crippen molar-refractivity contribution in [2.75, 3.05) is 5.73 Å². The standard InChI is InChI=1S/C15H12FN3O2/c16-11-4-2-1-3-9(11)7-21-14-6-13-10(5-12(14)17)15(20)19-8-18-13/h1-6,8H,7,17H2,(H,18,19,20). The molecule has 3 aromatic rings. The van der Waals surface area contributed by atoms with Crippen LogP contribution in [0.25, 0.3) is 10.9 Å². The summed E-state index contributed by atoms with van der Waals surface area (Å²) in [5.74, 6) is 0.0234. The van der Waals surface area contributed by atoms with E-state index in [2.05, 4.69) is 9.97 Å². The van der Waals surface area contributed by atoms with Gasteiger partial charge in [0.15, 0.2) is 0 Å². The van der Waals surface area contributed by atoms with Crippen molar-refractivity contribution in [2.24, 2.45) is 0 Å². The van der Waals surface area contributed by atoms with Crippen LogP contribution in [0.4, 0.5) is 10.1 Å². The Morgan fingerprint density at radius 3 is 2.90 bits per heavy atom. The number of anilines is 1. The summed E-state index contributed by atoms with van der Waals surface area (Å²) < 4.78 is 19.1. The molecule has 0 bridgehead atoms. The van der Waals surface area contributed by atoms with Crippen molar-refractivity contribution >= 4 is 16.6 Å². The minimum absolute atomic E-state index is 0.0472. The number of fused-ring (bicyclic) bond motifs is 1. The fourth-order valence-electron chi connectivity index (χ4n) is 2.01. The van der Waals surface area contributed by atoms with Gasteiger partial charge in [-0.05, 0) is 12.1 Å². The number of ether oxygens (including phenoxy) is 1.